The highest BCUT2D eigenvalue weighted by Crippen LogP contribution is 2.25. The molecule has 4 rings (SSSR count). The molecule has 0 bridgehead atoms. The van der Waals surface area contributed by atoms with Crippen molar-refractivity contribution >= 4 is 11.3 Å². The molecule has 0 amide bonds. The van der Waals surface area contributed by atoms with E-state index >= 15 is 0 Å². The van der Waals surface area contributed by atoms with Gasteiger partial charge >= 0.3 is 5.69 Å². The molecule has 4 aromatic rings. The summed E-state index contributed by atoms with van der Waals surface area (Å²) in [5.41, 5.74) is 2.94. The number of pyridine rings is 1. The fourth-order valence-corrected chi connectivity index (χ4v) is 3.51. The monoisotopic (exact) mass is 394 g/mol. The van der Waals surface area contributed by atoms with E-state index in [1.807, 2.05) is 50.4 Å². The maximum absolute atomic E-state index is 12.3. The third-order valence-electron chi connectivity index (χ3n) is 4.26. The molecule has 9 heteroatoms. The Hall–Kier alpha value is -3.33. The van der Waals surface area contributed by atoms with Crippen molar-refractivity contribution in [1.29, 1.82) is 0 Å². The molecular formula is C19H18N6O2S. The summed E-state index contributed by atoms with van der Waals surface area (Å²) in [7, 11) is 1.56. The first-order valence-electron chi connectivity index (χ1n) is 8.63. The van der Waals surface area contributed by atoms with Gasteiger partial charge in [0.05, 0.1) is 5.69 Å². The highest BCUT2D eigenvalue weighted by Gasteiger charge is 2.14. The van der Waals surface area contributed by atoms with E-state index in [2.05, 4.69) is 20.4 Å². The topological polar surface area (TPSA) is 87.7 Å². The van der Waals surface area contributed by atoms with Crippen LogP contribution in [0.5, 0.6) is 5.88 Å². The second kappa shape index (κ2) is 7.35. The number of aromatic nitrogens is 6. The van der Waals surface area contributed by atoms with Crippen molar-refractivity contribution in [3.8, 4) is 22.3 Å². The SMILES string of the molecule is Cc1cnc(-c2cccc(OCc3c(C)cccc3-n3nnn(C)c3=O)n2)s1. The largest absolute Gasteiger partial charge is 0.473 e. The highest BCUT2D eigenvalue weighted by molar-refractivity contribution is 7.14. The lowest BCUT2D eigenvalue weighted by molar-refractivity contribution is 0.293. The molecule has 0 spiro atoms. The van der Waals surface area contributed by atoms with Crippen LogP contribution >= 0.6 is 11.3 Å². The minimum absolute atomic E-state index is 0.248. The molecule has 0 fully saturated rings. The lowest BCUT2D eigenvalue weighted by atomic mass is 10.1. The minimum Gasteiger partial charge on any atom is -0.473 e. The molecule has 0 aliphatic carbocycles. The standard InChI is InChI=1S/C19H18N6O2S/c1-12-6-4-8-16(25-19(26)24(3)22-23-25)14(12)11-27-17-9-5-7-15(21-17)18-20-10-13(2)28-18/h4-10H,11H2,1-3H3. The number of hydrogen-bond donors (Lipinski definition) is 0. The molecule has 0 atom stereocenters. The van der Waals surface area contributed by atoms with Crippen molar-refractivity contribution in [3.05, 3.63) is 69.1 Å². The summed E-state index contributed by atoms with van der Waals surface area (Å²) in [4.78, 5) is 22.3. The van der Waals surface area contributed by atoms with Gasteiger partial charge in [0.1, 0.15) is 17.3 Å². The van der Waals surface area contributed by atoms with Gasteiger partial charge in [-0.3, -0.25) is 0 Å². The summed E-state index contributed by atoms with van der Waals surface area (Å²) < 4.78 is 8.41. The number of tetrazole rings is 1. The summed E-state index contributed by atoms with van der Waals surface area (Å²) in [6.07, 6.45) is 1.83. The Morgan fingerprint density at radius 3 is 2.64 bits per heavy atom. The van der Waals surface area contributed by atoms with Crippen LogP contribution < -0.4 is 10.4 Å². The van der Waals surface area contributed by atoms with Crippen LogP contribution in [-0.4, -0.2) is 29.8 Å². The van der Waals surface area contributed by atoms with Gasteiger partial charge in [0, 0.05) is 29.8 Å². The number of ether oxygens (including phenoxy) is 1. The van der Waals surface area contributed by atoms with Crippen molar-refractivity contribution in [2.24, 2.45) is 7.05 Å². The maximum Gasteiger partial charge on any atom is 0.368 e. The molecule has 0 saturated heterocycles. The third-order valence-corrected chi connectivity index (χ3v) is 5.20. The summed E-state index contributed by atoms with van der Waals surface area (Å²) in [5.74, 6) is 0.492. The second-order valence-corrected chi connectivity index (χ2v) is 7.53. The molecular weight excluding hydrogens is 376 g/mol. The molecule has 8 nitrogen and oxygen atoms in total. The van der Waals surface area contributed by atoms with E-state index in [1.165, 1.54) is 9.36 Å². The Balaban J connectivity index is 1.63. The number of rotatable bonds is 5. The first kappa shape index (κ1) is 18.1. The molecule has 3 aromatic heterocycles. The van der Waals surface area contributed by atoms with E-state index in [0.717, 1.165) is 26.7 Å². The van der Waals surface area contributed by atoms with E-state index in [1.54, 1.807) is 24.5 Å². The van der Waals surface area contributed by atoms with Crippen LogP contribution in [-0.2, 0) is 13.7 Å². The number of thiazole rings is 1. The normalized spacial score (nSPS) is 11.0. The fourth-order valence-electron chi connectivity index (χ4n) is 2.77. The lowest BCUT2D eigenvalue weighted by Crippen LogP contribution is -2.23. The number of aryl methyl sites for hydroxylation is 3. The molecule has 0 aliphatic rings. The molecule has 1 aromatic carbocycles. The molecule has 3 heterocycles. The van der Waals surface area contributed by atoms with Gasteiger partial charge in [-0.25, -0.2) is 14.8 Å². The van der Waals surface area contributed by atoms with Gasteiger partial charge in [-0.05, 0) is 42.0 Å². The smallest absolute Gasteiger partial charge is 0.368 e. The third kappa shape index (κ3) is 3.44. The molecule has 0 unspecified atom stereocenters. The zero-order valence-corrected chi connectivity index (χ0v) is 16.5. The van der Waals surface area contributed by atoms with E-state index in [-0.39, 0.29) is 12.3 Å². The molecule has 142 valence electrons. The summed E-state index contributed by atoms with van der Waals surface area (Å²) in [5, 5.41) is 8.58. The van der Waals surface area contributed by atoms with Crippen LogP contribution in [0.1, 0.15) is 16.0 Å². The van der Waals surface area contributed by atoms with Gasteiger partial charge in [-0.15, -0.1) is 11.3 Å². The van der Waals surface area contributed by atoms with Crippen molar-refractivity contribution in [2.45, 2.75) is 20.5 Å². The van der Waals surface area contributed by atoms with Crippen LogP contribution in [0.15, 0.2) is 47.4 Å². The number of hydrogen-bond acceptors (Lipinski definition) is 7. The molecule has 0 N–H and O–H groups in total. The van der Waals surface area contributed by atoms with E-state index in [4.69, 9.17) is 4.74 Å². The Bertz CT molecular complexity index is 1190. The predicted molar refractivity (Wildman–Crippen MR) is 106 cm³/mol. The molecule has 0 radical (unpaired) electrons. The first-order valence-corrected chi connectivity index (χ1v) is 9.45. The van der Waals surface area contributed by atoms with Gasteiger partial charge in [0.25, 0.3) is 0 Å². The average Bonchev–Trinajstić information content (AvgIpc) is 3.27. The van der Waals surface area contributed by atoms with Crippen LogP contribution in [0.3, 0.4) is 0 Å². The van der Waals surface area contributed by atoms with Crippen LogP contribution in [0, 0.1) is 13.8 Å². The van der Waals surface area contributed by atoms with E-state index < -0.39 is 0 Å². The quantitative estimate of drug-likeness (QED) is 0.517. The lowest BCUT2D eigenvalue weighted by Gasteiger charge is -2.12. The van der Waals surface area contributed by atoms with E-state index in [0.29, 0.717) is 11.6 Å². The fraction of sp³-hybridized carbons (Fsp3) is 0.211. The van der Waals surface area contributed by atoms with Gasteiger partial charge in [-0.2, -0.15) is 9.36 Å². The molecule has 0 saturated carbocycles. The summed E-state index contributed by atoms with van der Waals surface area (Å²) in [6.45, 7) is 4.22. The highest BCUT2D eigenvalue weighted by atomic mass is 32.1. The minimum atomic E-state index is -0.314. The predicted octanol–water partition coefficient (Wildman–Crippen LogP) is 2.68. The van der Waals surface area contributed by atoms with Crippen LogP contribution in [0.2, 0.25) is 0 Å². The van der Waals surface area contributed by atoms with Crippen molar-refractivity contribution in [3.63, 3.8) is 0 Å². The Morgan fingerprint density at radius 2 is 1.93 bits per heavy atom. The van der Waals surface area contributed by atoms with Crippen molar-refractivity contribution < 1.29 is 4.74 Å². The van der Waals surface area contributed by atoms with Gasteiger partial charge in [0.15, 0.2) is 0 Å². The van der Waals surface area contributed by atoms with Crippen LogP contribution in [0.25, 0.3) is 16.4 Å². The first-order chi connectivity index (χ1) is 13.5. The Labute approximate surface area is 165 Å². The number of nitrogens with zero attached hydrogens (tertiary/aromatic N) is 6. The zero-order chi connectivity index (χ0) is 19.7. The van der Waals surface area contributed by atoms with Crippen molar-refractivity contribution in [1.82, 2.24) is 29.8 Å². The Morgan fingerprint density at radius 1 is 1.11 bits per heavy atom. The molecule has 28 heavy (non-hydrogen) atoms. The number of benzene rings is 1. The Kier molecular flexibility index (Phi) is 4.74. The molecule has 0 aliphatic heterocycles. The second-order valence-electron chi connectivity index (χ2n) is 6.30. The van der Waals surface area contributed by atoms with Gasteiger partial charge in [-0.1, -0.05) is 18.2 Å². The van der Waals surface area contributed by atoms with E-state index in [9.17, 15) is 4.79 Å². The van der Waals surface area contributed by atoms with Gasteiger partial charge in [0.2, 0.25) is 5.88 Å². The van der Waals surface area contributed by atoms with Crippen molar-refractivity contribution in [2.75, 3.05) is 0 Å². The average molecular weight is 394 g/mol. The summed E-state index contributed by atoms with van der Waals surface area (Å²) >= 11 is 1.59. The maximum atomic E-state index is 12.3. The summed E-state index contributed by atoms with van der Waals surface area (Å²) in [6, 6.07) is 11.3. The van der Waals surface area contributed by atoms with Gasteiger partial charge < -0.3 is 4.74 Å². The van der Waals surface area contributed by atoms with Crippen LogP contribution in [0.4, 0.5) is 0 Å². The zero-order valence-electron chi connectivity index (χ0n) is 15.7.